The molecule has 1 N–H and O–H groups in total. The summed E-state index contributed by atoms with van der Waals surface area (Å²) in [7, 11) is -2.08. The minimum Gasteiger partial charge on any atom is -0.507 e. The summed E-state index contributed by atoms with van der Waals surface area (Å²) in [6.07, 6.45) is 0.206. The number of rotatable bonds is 4. The zero-order valence-corrected chi connectivity index (χ0v) is 18.0. The molecule has 4 rings (SSSR count). The van der Waals surface area contributed by atoms with Gasteiger partial charge in [-0.1, -0.05) is 42.5 Å². The lowest BCUT2D eigenvalue weighted by atomic mass is 9.94. The molecule has 0 aromatic heterocycles. The van der Waals surface area contributed by atoms with Gasteiger partial charge in [0.25, 0.3) is 11.7 Å². The standard InChI is InChI=1S/C23H21NO7S/c1-31-23(28)16-9-7-14(8-10-16)19-18(20(25)15-5-3-2-4-6-15)21(26)22(27)24(19)17-11-12-32(29,30)13-17/h2-10,17,19,25H,11-13H2,1H3/t17-,19-/m0/s1. The molecular weight excluding hydrogens is 434 g/mol. The number of Topliss-reactive ketones (excluding diaryl/α,β-unsaturated/α-hetero) is 1. The number of likely N-dealkylation sites (tertiary alicyclic amines) is 1. The van der Waals surface area contributed by atoms with Crippen LogP contribution in [0, 0.1) is 0 Å². The summed E-state index contributed by atoms with van der Waals surface area (Å²) in [4.78, 5) is 39.1. The molecule has 2 aromatic rings. The average Bonchev–Trinajstić information content (AvgIpc) is 3.29. The van der Waals surface area contributed by atoms with Gasteiger partial charge in [-0.05, 0) is 24.1 Å². The van der Waals surface area contributed by atoms with Gasteiger partial charge in [0.15, 0.2) is 9.84 Å². The summed E-state index contributed by atoms with van der Waals surface area (Å²) in [5.74, 6) is -2.94. The summed E-state index contributed by atoms with van der Waals surface area (Å²) in [6, 6.07) is 12.8. The Morgan fingerprint density at radius 2 is 1.69 bits per heavy atom. The summed E-state index contributed by atoms with van der Waals surface area (Å²) in [5.41, 5.74) is 0.996. The van der Waals surface area contributed by atoms with Crippen molar-refractivity contribution in [3.8, 4) is 0 Å². The molecule has 2 atom stereocenters. The van der Waals surface area contributed by atoms with Gasteiger partial charge < -0.3 is 14.7 Å². The normalized spacial score (nSPS) is 24.0. The topological polar surface area (TPSA) is 118 Å². The van der Waals surface area contributed by atoms with Crippen LogP contribution in [-0.4, -0.2) is 60.7 Å². The van der Waals surface area contributed by atoms with Gasteiger partial charge in [0.05, 0.1) is 35.8 Å². The first-order valence-electron chi connectivity index (χ1n) is 9.97. The number of ether oxygens (including phenoxy) is 1. The Labute approximate surface area is 185 Å². The number of aliphatic hydroxyl groups excluding tert-OH is 1. The molecule has 0 bridgehead atoms. The number of esters is 1. The Kier molecular flexibility index (Phi) is 5.60. The Morgan fingerprint density at radius 3 is 2.25 bits per heavy atom. The minimum absolute atomic E-state index is 0.0760. The van der Waals surface area contributed by atoms with Crippen LogP contribution in [0.5, 0.6) is 0 Å². The smallest absolute Gasteiger partial charge is 0.337 e. The number of benzene rings is 2. The van der Waals surface area contributed by atoms with Gasteiger partial charge in [0.2, 0.25) is 0 Å². The Bertz CT molecular complexity index is 1220. The highest BCUT2D eigenvalue weighted by Gasteiger charge is 2.50. The van der Waals surface area contributed by atoms with E-state index in [0.29, 0.717) is 11.1 Å². The van der Waals surface area contributed by atoms with Crippen LogP contribution in [0.15, 0.2) is 60.2 Å². The van der Waals surface area contributed by atoms with Gasteiger partial charge in [-0.15, -0.1) is 0 Å². The summed E-state index contributed by atoms with van der Waals surface area (Å²) in [6.45, 7) is 0. The summed E-state index contributed by atoms with van der Waals surface area (Å²) < 4.78 is 28.9. The lowest BCUT2D eigenvalue weighted by Gasteiger charge is -2.30. The van der Waals surface area contributed by atoms with Gasteiger partial charge in [0, 0.05) is 11.6 Å². The van der Waals surface area contributed by atoms with Crippen LogP contribution >= 0.6 is 0 Å². The fraction of sp³-hybridized carbons (Fsp3) is 0.261. The Hall–Kier alpha value is -3.46. The molecule has 2 aromatic carbocycles. The molecule has 2 fully saturated rings. The third-order valence-corrected chi connectivity index (χ3v) is 7.53. The molecule has 9 heteroatoms. The molecule has 1 amide bonds. The van der Waals surface area contributed by atoms with Crippen molar-refractivity contribution in [1.29, 1.82) is 0 Å². The molecule has 0 unspecified atom stereocenters. The summed E-state index contributed by atoms with van der Waals surface area (Å²) >= 11 is 0. The number of aliphatic hydroxyl groups is 1. The molecule has 2 heterocycles. The second kappa shape index (κ2) is 8.23. The van der Waals surface area contributed by atoms with Crippen molar-refractivity contribution in [3.05, 3.63) is 76.9 Å². The van der Waals surface area contributed by atoms with Crippen molar-refractivity contribution in [3.63, 3.8) is 0 Å². The largest absolute Gasteiger partial charge is 0.507 e. The van der Waals surface area contributed by atoms with Crippen molar-refractivity contribution in [2.75, 3.05) is 18.6 Å². The molecule has 0 saturated carbocycles. The molecule has 32 heavy (non-hydrogen) atoms. The maximum absolute atomic E-state index is 13.0. The average molecular weight is 455 g/mol. The van der Waals surface area contributed by atoms with E-state index in [1.54, 1.807) is 42.5 Å². The van der Waals surface area contributed by atoms with E-state index in [-0.39, 0.29) is 34.8 Å². The monoisotopic (exact) mass is 455 g/mol. The number of hydrogen-bond acceptors (Lipinski definition) is 7. The first-order chi connectivity index (χ1) is 15.2. The molecule has 166 valence electrons. The van der Waals surface area contributed by atoms with E-state index >= 15 is 0 Å². The first kappa shape index (κ1) is 21.8. The van der Waals surface area contributed by atoms with Gasteiger partial charge in [-0.2, -0.15) is 0 Å². The van der Waals surface area contributed by atoms with Crippen LogP contribution in [0.4, 0.5) is 0 Å². The highest BCUT2D eigenvalue weighted by atomic mass is 32.2. The Balaban J connectivity index is 1.86. The van der Waals surface area contributed by atoms with Crippen molar-refractivity contribution < 1.29 is 32.6 Å². The highest BCUT2D eigenvalue weighted by molar-refractivity contribution is 7.91. The van der Waals surface area contributed by atoms with Crippen LogP contribution in [0.3, 0.4) is 0 Å². The first-order valence-corrected chi connectivity index (χ1v) is 11.8. The lowest BCUT2D eigenvalue weighted by molar-refractivity contribution is -0.141. The zero-order chi connectivity index (χ0) is 23.0. The second-order valence-corrected chi connectivity index (χ2v) is 9.97. The predicted molar refractivity (Wildman–Crippen MR) is 115 cm³/mol. The molecular formula is C23H21NO7S. The van der Waals surface area contributed by atoms with E-state index < -0.39 is 39.6 Å². The third kappa shape index (κ3) is 3.80. The molecule has 0 spiro atoms. The SMILES string of the molecule is COC(=O)c1ccc([C@H]2C(=C(O)c3ccccc3)C(=O)C(=O)N2[C@H]2CCS(=O)(=O)C2)cc1. The van der Waals surface area contributed by atoms with Crippen LogP contribution < -0.4 is 0 Å². The number of nitrogens with zero attached hydrogens (tertiary/aromatic N) is 1. The number of amides is 1. The van der Waals surface area contributed by atoms with Crippen LogP contribution in [-0.2, 0) is 24.2 Å². The van der Waals surface area contributed by atoms with E-state index in [1.807, 2.05) is 0 Å². The number of carbonyl (C=O) groups is 3. The van der Waals surface area contributed by atoms with Crippen molar-refractivity contribution in [1.82, 2.24) is 4.90 Å². The second-order valence-electron chi connectivity index (χ2n) is 7.74. The van der Waals surface area contributed by atoms with Crippen LogP contribution in [0.1, 0.15) is 33.9 Å². The zero-order valence-electron chi connectivity index (χ0n) is 17.2. The number of methoxy groups -OCH3 is 1. The van der Waals surface area contributed by atoms with E-state index in [4.69, 9.17) is 4.74 Å². The van der Waals surface area contributed by atoms with Gasteiger partial charge >= 0.3 is 5.97 Å². The van der Waals surface area contributed by atoms with E-state index in [9.17, 15) is 27.9 Å². The Morgan fingerprint density at radius 1 is 1.03 bits per heavy atom. The minimum atomic E-state index is -3.34. The van der Waals surface area contributed by atoms with Gasteiger partial charge in [-0.3, -0.25) is 9.59 Å². The van der Waals surface area contributed by atoms with Crippen molar-refractivity contribution in [2.24, 2.45) is 0 Å². The van der Waals surface area contributed by atoms with Crippen molar-refractivity contribution >= 4 is 33.3 Å². The molecule has 2 aliphatic heterocycles. The molecule has 8 nitrogen and oxygen atoms in total. The lowest BCUT2D eigenvalue weighted by Crippen LogP contribution is -2.40. The predicted octanol–water partition coefficient (Wildman–Crippen LogP) is 2.08. The number of sulfone groups is 1. The fourth-order valence-electron chi connectivity index (χ4n) is 4.22. The molecule has 2 aliphatic rings. The number of carbonyl (C=O) groups excluding carboxylic acids is 3. The molecule has 0 aliphatic carbocycles. The van der Waals surface area contributed by atoms with E-state index in [2.05, 4.69) is 0 Å². The molecule has 2 saturated heterocycles. The van der Waals surface area contributed by atoms with E-state index in [0.717, 1.165) is 0 Å². The maximum Gasteiger partial charge on any atom is 0.337 e. The third-order valence-electron chi connectivity index (χ3n) is 5.78. The van der Waals surface area contributed by atoms with Gasteiger partial charge in [0.1, 0.15) is 5.76 Å². The highest BCUT2D eigenvalue weighted by Crippen LogP contribution is 2.42. The fourth-order valence-corrected chi connectivity index (χ4v) is 5.93. The van der Waals surface area contributed by atoms with Gasteiger partial charge in [-0.25, -0.2) is 13.2 Å². The molecule has 0 radical (unpaired) electrons. The van der Waals surface area contributed by atoms with Crippen LogP contribution in [0.2, 0.25) is 0 Å². The quantitative estimate of drug-likeness (QED) is 0.325. The van der Waals surface area contributed by atoms with Crippen LogP contribution in [0.25, 0.3) is 5.76 Å². The van der Waals surface area contributed by atoms with E-state index in [1.165, 1.54) is 24.1 Å². The van der Waals surface area contributed by atoms with Crippen molar-refractivity contribution in [2.45, 2.75) is 18.5 Å². The number of hydrogen-bond donors (Lipinski definition) is 1. The number of ketones is 1. The summed E-state index contributed by atoms with van der Waals surface area (Å²) in [5, 5.41) is 11.0. The maximum atomic E-state index is 13.0.